The average Bonchev–Trinajstić information content (AvgIpc) is 1.82. The zero-order valence-electron chi connectivity index (χ0n) is 6.16. The predicted octanol–water partition coefficient (Wildman–Crippen LogP) is -4.86. The first-order chi connectivity index (χ1) is 4.22. The number of methoxy groups -OCH3 is 1. The Hall–Kier alpha value is 0.390. The second kappa shape index (κ2) is 7.50. The smallest absolute Gasteiger partial charge is 0.547 e. The summed E-state index contributed by atoms with van der Waals surface area (Å²) >= 11 is 0. The third-order valence-corrected chi connectivity index (χ3v) is 0.939. The molecule has 0 heterocycles. The van der Waals surface area contributed by atoms with E-state index in [9.17, 15) is 9.90 Å². The molecule has 0 saturated carbocycles. The van der Waals surface area contributed by atoms with Crippen molar-refractivity contribution in [2.24, 2.45) is 0 Å². The van der Waals surface area contributed by atoms with Crippen molar-refractivity contribution in [3.05, 3.63) is 0 Å². The van der Waals surface area contributed by atoms with Crippen LogP contribution in [0.1, 0.15) is 6.42 Å². The number of hydrogen-bond acceptors (Lipinski definition) is 4. The molecule has 0 aliphatic carbocycles. The van der Waals surface area contributed by atoms with Crippen molar-refractivity contribution in [3.63, 3.8) is 0 Å². The monoisotopic (exact) mass is 156 g/mol. The summed E-state index contributed by atoms with van der Waals surface area (Å²) in [6, 6.07) is 0. The average molecular weight is 156 g/mol. The minimum Gasteiger partial charge on any atom is -0.547 e. The molecule has 0 saturated heterocycles. The van der Waals surface area contributed by atoms with E-state index < -0.39 is 12.1 Å². The summed E-state index contributed by atoms with van der Waals surface area (Å²) in [5.74, 6) is -1.29. The molecule has 0 amide bonds. The molecule has 1 N–H and O–H groups in total. The molecule has 0 bridgehead atoms. The van der Waals surface area contributed by atoms with E-state index in [-0.39, 0.29) is 42.6 Å². The maximum absolute atomic E-state index is 9.97. The third-order valence-electron chi connectivity index (χ3n) is 0.939. The summed E-state index contributed by atoms with van der Waals surface area (Å²) < 4.78 is 4.43. The molecular formula is C5H9NaO4. The Morgan fingerprint density at radius 3 is 2.40 bits per heavy atom. The fraction of sp³-hybridized carbons (Fsp3) is 0.800. The van der Waals surface area contributed by atoms with Crippen LogP contribution in [-0.4, -0.2) is 30.9 Å². The van der Waals surface area contributed by atoms with Gasteiger partial charge < -0.3 is 19.7 Å². The van der Waals surface area contributed by atoms with E-state index in [0.29, 0.717) is 0 Å². The van der Waals surface area contributed by atoms with Crippen LogP contribution < -0.4 is 34.7 Å². The summed E-state index contributed by atoms with van der Waals surface area (Å²) in [6.07, 6.45) is -0.895. The molecule has 0 aliphatic heterocycles. The van der Waals surface area contributed by atoms with Gasteiger partial charge in [-0.25, -0.2) is 0 Å². The van der Waals surface area contributed by atoms with Crippen molar-refractivity contribution in [1.82, 2.24) is 0 Å². The first-order valence-corrected chi connectivity index (χ1v) is 2.57. The van der Waals surface area contributed by atoms with E-state index in [1.807, 2.05) is 0 Å². The fourth-order valence-corrected chi connectivity index (χ4v) is 0.449. The quantitative estimate of drug-likeness (QED) is 0.414. The molecule has 54 valence electrons. The largest absolute Gasteiger partial charge is 1.00 e. The van der Waals surface area contributed by atoms with Crippen LogP contribution in [0.4, 0.5) is 0 Å². The van der Waals surface area contributed by atoms with Crippen LogP contribution in [0.25, 0.3) is 0 Å². The summed E-state index contributed by atoms with van der Waals surface area (Å²) in [4.78, 5) is 9.97. The first kappa shape index (κ1) is 13.0. The van der Waals surface area contributed by atoms with Crippen LogP contribution in [0.3, 0.4) is 0 Å². The van der Waals surface area contributed by atoms with E-state index >= 15 is 0 Å². The summed E-state index contributed by atoms with van der Waals surface area (Å²) in [5.41, 5.74) is 0. The third kappa shape index (κ3) is 5.20. The Balaban J connectivity index is 0. The Labute approximate surface area is 81.5 Å². The van der Waals surface area contributed by atoms with Gasteiger partial charge in [0, 0.05) is 20.1 Å². The van der Waals surface area contributed by atoms with E-state index in [0.717, 1.165) is 0 Å². The van der Waals surface area contributed by atoms with Crippen molar-refractivity contribution in [3.8, 4) is 0 Å². The molecular weight excluding hydrogens is 147 g/mol. The molecule has 0 radical (unpaired) electrons. The molecule has 1 atom stereocenters. The number of aliphatic hydroxyl groups excluding tert-OH is 1. The predicted molar refractivity (Wildman–Crippen MR) is 27.5 cm³/mol. The van der Waals surface area contributed by atoms with Gasteiger partial charge in [-0.3, -0.25) is 0 Å². The Kier molecular flexibility index (Phi) is 9.76. The van der Waals surface area contributed by atoms with Gasteiger partial charge in [-0.1, -0.05) is 0 Å². The van der Waals surface area contributed by atoms with Gasteiger partial charge in [0.2, 0.25) is 0 Å². The van der Waals surface area contributed by atoms with Crippen LogP contribution in [0.2, 0.25) is 0 Å². The number of carbonyl (C=O) groups excluding carboxylic acids is 1. The summed E-state index contributed by atoms with van der Waals surface area (Å²) in [7, 11) is 1.26. The number of carboxylic acids is 1. The molecule has 0 aromatic rings. The minimum absolute atomic E-state index is 0. The van der Waals surface area contributed by atoms with Gasteiger partial charge in [0.25, 0.3) is 0 Å². The topological polar surface area (TPSA) is 69.6 Å². The molecule has 0 aromatic heterocycles. The van der Waals surface area contributed by atoms with Gasteiger partial charge >= 0.3 is 29.6 Å². The number of ether oxygens (including phenoxy) is 1. The molecule has 0 unspecified atom stereocenters. The van der Waals surface area contributed by atoms with Gasteiger partial charge in [0.15, 0.2) is 0 Å². The van der Waals surface area contributed by atoms with E-state index in [4.69, 9.17) is 5.11 Å². The van der Waals surface area contributed by atoms with Crippen molar-refractivity contribution < 1.29 is 49.3 Å². The fourth-order valence-electron chi connectivity index (χ4n) is 0.449. The van der Waals surface area contributed by atoms with E-state index in [2.05, 4.69) is 4.74 Å². The molecule has 0 rings (SSSR count). The number of carbonyl (C=O) groups is 1. The molecule has 4 nitrogen and oxygen atoms in total. The van der Waals surface area contributed by atoms with Gasteiger partial charge in [0.05, 0.1) is 12.1 Å². The zero-order chi connectivity index (χ0) is 7.28. The molecule has 0 aliphatic rings. The van der Waals surface area contributed by atoms with Gasteiger partial charge in [-0.2, -0.15) is 0 Å². The van der Waals surface area contributed by atoms with Gasteiger partial charge in [-0.15, -0.1) is 0 Å². The standard InChI is InChI=1S/C5H10O4.Na/c1-9-4(2-3-6)5(7)8;/h4,6H,2-3H2,1H3,(H,7,8);/q;+1/p-1/t4-;/m0./s1. The molecule has 10 heavy (non-hydrogen) atoms. The number of hydrogen-bond donors (Lipinski definition) is 1. The second-order valence-electron chi connectivity index (χ2n) is 1.56. The van der Waals surface area contributed by atoms with Crippen molar-refractivity contribution >= 4 is 5.97 Å². The van der Waals surface area contributed by atoms with Crippen LogP contribution >= 0.6 is 0 Å². The second-order valence-corrected chi connectivity index (χ2v) is 1.56. The normalized spacial score (nSPS) is 11.8. The van der Waals surface area contributed by atoms with Crippen LogP contribution in [0, 0.1) is 0 Å². The maximum Gasteiger partial charge on any atom is 1.00 e. The molecule has 0 aromatic carbocycles. The SMILES string of the molecule is CO[C@@H](CCO)C(=O)[O-].[Na+]. The number of aliphatic carboxylic acids is 1. The number of rotatable bonds is 4. The van der Waals surface area contributed by atoms with Crippen molar-refractivity contribution in [2.45, 2.75) is 12.5 Å². The Morgan fingerprint density at radius 1 is 1.80 bits per heavy atom. The first-order valence-electron chi connectivity index (χ1n) is 2.57. The number of aliphatic hydroxyl groups is 1. The Morgan fingerprint density at radius 2 is 2.30 bits per heavy atom. The van der Waals surface area contributed by atoms with Crippen LogP contribution in [0.15, 0.2) is 0 Å². The Bertz CT molecular complexity index is 95.6. The zero-order valence-corrected chi connectivity index (χ0v) is 8.16. The van der Waals surface area contributed by atoms with Crippen LogP contribution in [0.5, 0.6) is 0 Å². The van der Waals surface area contributed by atoms with Crippen molar-refractivity contribution in [1.29, 1.82) is 0 Å². The molecule has 5 heteroatoms. The van der Waals surface area contributed by atoms with Gasteiger partial charge in [-0.05, 0) is 0 Å². The summed E-state index contributed by atoms with van der Waals surface area (Å²) in [6.45, 7) is -0.202. The summed E-state index contributed by atoms with van der Waals surface area (Å²) in [5, 5.41) is 18.2. The van der Waals surface area contributed by atoms with Crippen molar-refractivity contribution in [2.75, 3.05) is 13.7 Å². The molecule has 0 spiro atoms. The minimum atomic E-state index is -1.29. The van der Waals surface area contributed by atoms with Crippen LogP contribution in [-0.2, 0) is 9.53 Å². The van der Waals surface area contributed by atoms with E-state index in [1.165, 1.54) is 7.11 Å². The maximum atomic E-state index is 9.97. The molecule has 0 fully saturated rings. The number of carboxylic acid groups (broad SMARTS) is 1. The van der Waals surface area contributed by atoms with E-state index in [1.54, 1.807) is 0 Å². The van der Waals surface area contributed by atoms with Gasteiger partial charge in [0.1, 0.15) is 0 Å².